The fourth-order valence-electron chi connectivity index (χ4n) is 3.00. The number of benzene rings is 2. The Morgan fingerprint density at radius 2 is 1.93 bits per heavy atom. The molecule has 0 amide bonds. The first kappa shape index (κ1) is 18.6. The Morgan fingerprint density at radius 3 is 2.66 bits per heavy atom. The normalized spacial score (nSPS) is 11.3. The third kappa shape index (κ3) is 4.40. The summed E-state index contributed by atoms with van der Waals surface area (Å²) in [6, 6.07) is 12.3. The van der Waals surface area contributed by atoms with Gasteiger partial charge in [-0.2, -0.15) is 0 Å². The summed E-state index contributed by atoms with van der Waals surface area (Å²) < 4.78 is 20.5. The van der Waals surface area contributed by atoms with Crippen molar-refractivity contribution in [2.24, 2.45) is 0 Å². The molecular formula is C22H20FN5O. The van der Waals surface area contributed by atoms with Crippen LogP contribution >= 0.6 is 0 Å². The molecule has 0 aliphatic rings. The van der Waals surface area contributed by atoms with Gasteiger partial charge in [0, 0.05) is 12.6 Å². The molecule has 0 saturated heterocycles. The second-order valence-corrected chi connectivity index (χ2v) is 6.65. The third-order valence-corrected chi connectivity index (χ3v) is 4.46. The van der Waals surface area contributed by atoms with Crippen molar-refractivity contribution in [3.63, 3.8) is 0 Å². The molecule has 4 rings (SSSR count). The number of imidazole rings is 1. The van der Waals surface area contributed by atoms with Crippen LogP contribution in [0.2, 0.25) is 0 Å². The van der Waals surface area contributed by atoms with Crippen LogP contribution < -0.4 is 4.74 Å². The first-order chi connectivity index (χ1) is 14.1. The average molecular weight is 389 g/mol. The largest absolute Gasteiger partial charge is 0.495 e. The van der Waals surface area contributed by atoms with Crippen LogP contribution in [0.25, 0.3) is 17.8 Å². The number of rotatable bonds is 6. The van der Waals surface area contributed by atoms with E-state index in [0.717, 1.165) is 34.1 Å². The van der Waals surface area contributed by atoms with Crippen LogP contribution in [-0.2, 0) is 6.42 Å². The molecule has 2 heterocycles. The van der Waals surface area contributed by atoms with Crippen LogP contribution in [0.1, 0.15) is 28.5 Å². The van der Waals surface area contributed by atoms with E-state index < -0.39 is 0 Å². The van der Waals surface area contributed by atoms with E-state index >= 15 is 0 Å². The van der Waals surface area contributed by atoms with Crippen molar-refractivity contribution >= 4 is 12.2 Å². The van der Waals surface area contributed by atoms with Gasteiger partial charge in [-0.05, 0) is 48.4 Å². The lowest BCUT2D eigenvalue weighted by Gasteiger charge is -2.09. The van der Waals surface area contributed by atoms with Crippen molar-refractivity contribution < 1.29 is 9.13 Å². The van der Waals surface area contributed by atoms with E-state index in [4.69, 9.17) is 4.74 Å². The zero-order valence-electron chi connectivity index (χ0n) is 16.1. The third-order valence-electron chi connectivity index (χ3n) is 4.46. The summed E-state index contributed by atoms with van der Waals surface area (Å²) >= 11 is 0. The fraction of sp³-hybridized carbons (Fsp3) is 0.136. The standard InChI is InChI=1S/C22H20FN5O/c1-15-13-28(14-24-15)19-9-5-16(11-20(19)29-2)6-10-21-25-22(27-26-21)12-17-3-7-18(23)8-4-17/h3-11,13-14H,12H2,1-2H3,(H,25,26,27). The predicted octanol–water partition coefficient (Wildman–Crippen LogP) is 4.21. The minimum absolute atomic E-state index is 0.250. The van der Waals surface area contributed by atoms with Gasteiger partial charge < -0.3 is 14.3 Å². The summed E-state index contributed by atoms with van der Waals surface area (Å²) in [6.07, 6.45) is 8.07. The number of methoxy groups -OCH3 is 1. The number of nitrogens with one attached hydrogen (secondary N) is 1. The predicted molar refractivity (Wildman–Crippen MR) is 109 cm³/mol. The van der Waals surface area contributed by atoms with Gasteiger partial charge in [-0.3, -0.25) is 0 Å². The summed E-state index contributed by atoms with van der Waals surface area (Å²) in [4.78, 5) is 7.43. The molecule has 6 nitrogen and oxygen atoms in total. The van der Waals surface area contributed by atoms with Crippen molar-refractivity contribution in [1.82, 2.24) is 24.7 Å². The molecule has 0 saturated carbocycles. The topological polar surface area (TPSA) is 68.6 Å². The molecule has 0 spiro atoms. The van der Waals surface area contributed by atoms with Crippen molar-refractivity contribution in [3.05, 3.63) is 89.3 Å². The highest BCUT2D eigenvalue weighted by Crippen LogP contribution is 2.25. The average Bonchev–Trinajstić information content (AvgIpc) is 3.36. The van der Waals surface area contributed by atoms with Crippen molar-refractivity contribution in [1.29, 1.82) is 0 Å². The molecule has 0 aliphatic carbocycles. The molecule has 2 aromatic heterocycles. The lowest BCUT2D eigenvalue weighted by atomic mass is 10.1. The SMILES string of the molecule is COc1cc(C=Cc2nnc(Cc3ccc(F)cc3)[nH]2)ccc1-n1cnc(C)c1. The summed E-state index contributed by atoms with van der Waals surface area (Å²) in [6.45, 7) is 1.95. The van der Waals surface area contributed by atoms with E-state index in [-0.39, 0.29) is 5.82 Å². The molecule has 0 fully saturated rings. The molecule has 0 unspecified atom stereocenters. The minimum atomic E-state index is -0.250. The molecule has 0 radical (unpaired) electrons. The van der Waals surface area contributed by atoms with Gasteiger partial charge in [-0.25, -0.2) is 9.37 Å². The summed E-state index contributed by atoms with van der Waals surface area (Å²) in [5.41, 5.74) is 3.80. The zero-order valence-corrected chi connectivity index (χ0v) is 16.1. The monoisotopic (exact) mass is 389 g/mol. The van der Waals surface area contributed by atoms with E-state index in [1.165, 1.54) is 12.1 Å². The van der Waals surface area contributed by atoms with Crippen molar-refractivity contribution in [3.8, 4) is 11.4 Å². The van der Waals surface area contributed by atoms with Gasteiger partial charge in [0.15, 0.2) is 5.82 Å². The number of H-pyrrole nitrogens is 1. The van der Waals surface area contributed by atoms with Crippen LogP contribution in [0.5, 0.6) is 5.75 Å². The number of nitrogens with zero attached hydrogens (tertiary/aromatic N) is 4. The Kier molecular flexibility index (Phi) is 5.20. The summed E-state index contributed by atoms with van der Waals surface area (Å²) in [5.74, 6) is 1.87. The number of aryl methyl sites for hydroxylation is 1. The maximum Gasteiger partial charge on any atom is 0.154 e. The molecule has 0 aliphatic heterocycles. The summed E-state index contributed by atoms with van der Waals surface area (Å²) in [5, 5.41) is 8.30. The van der Waals surface area contributed by atoms with Gasteiger partial charge in [-0.15, -0.1) is 10.2 Å². The fourth-order valence-corrected chi connectivity index (χ4v) is 3.00. The van der Waals surface area contributed by atoms with Gasteiger partial charge in [0.1, 0.15) is 17.4 Å². The Labute approximate surface area is 167 Å². The number of hydrogen-bond donors (Lipinski definition) is 1. The first-order valence-corrected chi connectivity index (χ1v) is 9.14. The molecule has 0 atom stereocenters. The summed E-state index contributed by atoms with van der Waals surface area (Å²) in [7, 11) is 1.65. The maximum atomic E-state index is 13.0. The van der Waals surface area contributed by atoms with Gasteiger partial charge in [-0.1, -0.05) is 24.3 Å². The van der Waals surface area contributed by atoms with Gasteiger partial charge in [0.05, 0.1) is 24.8 Å². The molecule has 1 N–H and O–H groups in total. The number of halogens is 1. The molecule has 0 bridgehead atoms. The smallest absolute Gasteiger partial charge is 0.154 e. The van der Waals surface area contributed by atoms with Crippen molar-refractivity contribution in [2.45, 2.75) is 13.3 Å². The Bertz CT molecular complexity index is 1140. The number of aromatic nitrogens is 5. The lowest BCUT2D eigenvalue weighted by molar-refractivity contribution is 0.413. The van der Waals surface area contributed by atoms with Gasteiger partial charge in [0.2, 0.25) is 0 Å². The van der Waals surface area contributed by atoms with Crippen LogP contribution in [0.3, 0.4) is 0 Å². The zero-order chi connectivity index (χ0) is 20.2. The molecule has 7 heteroatoms. The first-order valence-electron chi connectivity index (χ1n) is 9.14. The van der Waals surface area contributed by atoms with E-state index in [2.05, 4.69) is 20.2 Å². The van der Waals surface area contributed by atoms with Crippen LogP contribution in [0, 0.1) is 12.7 Å². The van der Waals surface area contributed by atoms with E-state index in [0.29, 0.717) is 12.2 Å². The van der Waals surface area contributed by atoms with E-state index in [9.17, 15) is 4.39 Å². The Morgan fingerprint density at radius 1 is 1.10 bits per heavy atom. The number of hydrogen-bond acceptors (Lipinski definition) is 4. The Hall–Kier alpha value is -3.74. The number of aromatic amines is 1. The van der Waals surface area contributed by atoms with Crippen molar-refractivity contribution in [2.75, 3.05) is 7.11 Å². The van der Waals surface area contributed by atoms with Gasteiger partial charge in [0.25, 0.3) is 0 Å². The molecule has 4 aromatic rings. The number of ether oxygens (including phenoxy) is 1. The Balaban J connectivity index is 1.49. The molecule has 146 valence electrons. The highest BCUT2D eigenvalue weighted by Gasteiger charge is 2.07. The second-order valence-electron chi connectivity index (χ2n) is 6.65. The van der Waals surface area contributed by atoms with E-state index in [1.54, 1.807) is 25.6 Å². The highest BCUT2D eigenvalue weighted by molar-refractivity contribution is 5.69. The highest BCUT2D eigenvalue weighted by atomic mass is 19.1. The van der Waals surface area contributed by atoms with Crippen LogP contribution in [0.4, 0.5) is 4.39 Å². The van der Waals surface area contributed by atoms with Crippen LogP contribution in [-0.4, -0.2) is 31.8 Å². The molecular weight excluding hydrogens is 369 g/mol. The van der Waals surface area contributed by atoms with E-state index in [1.807, 2.05) is 48.0 Å². The van der Waals surface area contributed by atoms with Gasteiger partial charge >= 0.3 is 0 Å². The quantitative estimate of drug-likeness (QED) is 0.536. The lowest BCUT2D eigenvalue weighted by Crippen LogP contribution is -1.95. The molecule has 29 heavy (non-hydrogen) atoms. The molecule has 2 aromatic carbocycles. The maximum absolute atomic E-state index is 13.0. The minimum Gasteiger partial charge on any atom is -0.495 e. The second kappa shape index (κ2) is 8.10. The van der Waals surface area contributed by atoms with Crippen LogP contribution in [0.15, 0.2) is 55.0 Å².